The fourth-order valence-corrected chi connectivity index (χ4v) is 4.75. The van der Waals surface area contributed by atoms with Crippen molar-refractivity contribution in [2.45, 2.75) is 0 Å². The minimum absolute atomic E-state index is 0.811. The summed E-state index contributed by atoms with van der Waals surface area (Å²) in [6.45, 7) is 0. The average molecular weight is 336 g/mol. The van der Waals surface area contributed by atoms with Crippen LogP contribution in [0, 0.1) is 0 Å². The van der Waals surface area contributed by atoms with Gasteiger partial charge >= 0.3 is 0 Å². The van der Waals surface area contributed by atoms with E-state index in [4.69, 9.17) is 9.47 Å². The highest BCUT2D eigenvalue weighted by Crippen LogP contribution is 2.51. The van der Waals surface area contributed by atoms with Crippen molar-refractivity contribution in [1.29, 1.82) is 0 Å². The lowest BCUT2D eigenvalue weighted by atomic mass is 9.85. The van der Waals surface area contributed by atoms with Crippen molar-refractivity contribution < 1.29 is 9.47 Å². The minimum atomic E-state index is 0.811. The molecule has 0 bridgehead atoms. The summed E-state index contributed by atoms with van der Waals surface area (Å²) in [5.41, 5.74) is 0. The van der Waals surface area contributed by atoms with Crippen molar-refractivity contribution in [3.63, 3.8) is 0 Å². The summed E-state index contributed by atoms with van der Waals surface area (Å²) < 4.78 is 11.6. The highest BCUT2D eigenvalue weighted by atomic mass is 16.5. The van der Waals surface area contributed by atoms with E-state index >= 15 is 0 Å². The van der Waals surface area contributed by atoms with Gasteiger partial charge in [0.1, 0.15) is 0 Å². The molecule has 0 spiro atoms. The number of ether oxygens (including phenoxy) is 2. The molecule has 0 amide bonds. The molecule has 0 fully saturated rings. The van der Waals surface area contributed by atoms with Crippen molar-refractivity contribution in [2.75, 3.05) is 14.2 Å². The van der Waals surface area contributed by atoms with Gasteiger partial charge in [0.15, 0.2) is 11.5 Å². The Hall–Kier alpha value is -3.26. The van der Waals surface area contributed by atoms with E-state index in [-0.39, 0.29) is 0 Å². The van der Waals surface area contributed by atoms with Gasteiger partial charge in [0, 0.05) is 21.5 Å². The normalized spacial score (nSPS) is 12.2. The van der Waals surface area contributed by atoms with E-state index < -0.39 is 0 Å². The maximum Gasteiger partial charge on any atom is 0.169 e. The second-order valence-electron chi connectivity index (χ2n) is 6.85. The quantitative estimate of drug-likeness (QED) is 0.271. The van der Waals surface area contributed by atoms with Gasteiger partial charge in [-0.1, -0.05) is 48.5 Å². The predicted octanol–water partition coefficient (Wildman–Crippen LogP) is 6.35. The molecule has 6 aromatic carbocycles. The van der Waals surface area contributed by atoms with Crippen LogP contribution in [0.3, 0.4) is 0 Å². The first-order chi connectivity index (χ1) is 12.8. The molecule has 0 saturated carbocycles. The van der Waals surface area contributed by atoms with Gasteiger partial charge in [0.25, 0.3) is 0 Å². The van der Waals surface area contributed by atoms with Crippen molar-refractivity contribution >= 4 is 53.9 Å². The largest absolute Gasteiger partial charge is 0.492 e. The highest BCUT2D eigenvalue weighted by molar-refractivity contribution is 6.41. The number of fused-ring (bicyclic) bond motifs is 1. The smallest absolute Gasteiger partial charge is 0.169 e. The van der Waals surface area contributed by atoms with Crippen LogP contribution in [0.1, 0.15) is 0 Å². The topological polar surface area (TPSA) is 18.5 Å². The van der Waals surface area contributed by atoms with E-state index in [9.17, 15) is 0 Å². The molecule has 0 saturated heterocycles. The second kappa shape index (κ2) is 4.67. The molecule has 2 heteroatoms. The number of hydrogen-bond acceptors (Lipinski definition) is 2. The highest BCUT2D eigenvalue weighted by Gasteiger charge is 2.22. The molecule has 0 N–H and O–H groups in total. The number of benzene rings is 6. The van der Waals surface area contributed by atoms with Crippen LogP contribution >= 0.6 is 0 Å². The molecule has 6 rings (SSSR count). The lowest BCUT2D eigenvalue weighted by molar-refractivity contribution is 0.362. The van der Waals surface area contributed by atoms with Gasteiger partial charge in [-0.2, -0.15) is 0 Å². The Morgan fingerprint density at radius 1 is 0.462 bits per heavy atom. The Morgan fingerprint density at radius 2 is 0.923 bits per heavy atom. The van der Waals surface area contributed by atoms with E-state index in [0.717, 1.165) is 22.3 Å². The number of hydrogen-bond donors (Lipinski definition) is 0. The lowest BCUT2D eigenvalue weighted by Gasteiger charge is -2.21. The summed E-state index contributed by atoms with van der Waals surface area (Å²) in [7, 11) is 3.44. The third-order valence-electron chi connectivity index (χ3n) is 5.74. The summed E-state index contributed by atoms with van der Waals surface area (Å²) >= 11 is 0. The van der Waals surface area contributed by atoms with E-state index in [1.54, 1.807) is 14.2 Å². The summed E-state index contributed by atoms with van der Waals surface area (Å²) in [6, 6.07) is 21.8. The standard InChI is InChI=1S/C24H16O2/c1-25-23-17-11-9-13-5-3-7-15-16-8-4-6-14-10-12-18(24(23)26-2)22(20(14)16)21(17)19(13)15/h3-12H,1-2H3. The molecule has 124 valence electrons. The molecule has 0 aliphatic carbocycles. The molecule has 0 heterocycles. The van der Waals surface area contributed by atoms with Gasteiger partial charge in [0.05, 0.1) is 14.2 Å². The Morgan fingerprint density at radius 3 is 1.35 bits per heavy atom. The molecule has 26 heavy (non-hydrogen) atoms. The Labute approximate surface area is 150 Å². The fraction of sp³-hybridized carbons (Fsp3) is 0.0833. The summed E-state index contributed by atoms with van der Waals surface area (Å²) in [5.74, 6) is 1.62. The molecule has 0 aliphatic rings. The first kappa shape index (κ1) is 14.0. The Bertz CT molecular complexity index is 1330. The lowest BCUT2D eigenvalue weighted by Crippen LogP contribution is -1.97. The zero-order chi connectivity index (χ0) is 17.4. The molecule has 0 aromatic heterocycles. The van der Waals surface area contributed by atoms with Crippen molar-refractivity contribution in [3.05, 3.63) is 60.7 Å². The average Bonchev–Trinajstić information content (AvgIpc) is 2.70. The molecular weight excluding hydrogens is 320 g/mol. The third kappa shape index (κ3) is 1.45. The van der Waals surface area contributed by atoms with Crippen LogP contribution < -0.4 is 9.47 Å². The summed E-state index contributed by atoms with van der Waals surface area (Å²) in [5, 5.41) is 12.5. The zero-order valence-electron chi connectivity index (χ0n) is 14.6. The van der Waals surface area contributed by atoms with E-state index in [2.05, 4.69) is 60.7 Å². The van der Waals surface area contributed by atoms with Crippen LogP contribution in [0.5, 0.6) is 11.5 Å². The predicted molar refractivity (Wildman–Crippen MR) is 109 cm³/mol. The fourth-order valence-electron chi connectivity index (χ4n) is 4.75. The number of methoxy groups -OCH3 is 2. The number of rotatable bonds is 2. The first-order valence-electron chi connectivity index (χ1n) is 8.78. The van der Waals surface area contributed by atoms with Crippen LogP contribution in [-0.2, 0) is 0 Å². The van der Waals surface area contributed by atoms with Gasteiger partial charge in [-0.3, -0.25) is 0 Å². The van der Waals surface area contributed by atoms with Gasteiger partial charge in [-0.05, 0) is 44.5 Å². The maximum absolute atomic E-state index is 5.81. The van der Waals surface area contributed by atoms with Crippen LogP contribution in [0.4, 0.5) is 0 Å². The SMILES string of the molecule is COc1c(OC)c2ccc3cccc4c5cccc6ccc1c(c65)c2c34. The van der Waals surface area contributed by atoms with Crippen LogP contribution in [0.2, 0.25) is 0 Å². The van der Waals surface area contributed by atoms with E-state index in [1.165, 1.54) is 43.1 Å². The van der Waals surface area contributed by atoms with Crippen molar-refractivity contribution in [2.24, 2.45) is 0 Å². The van der Waals surface area contributed by atoms with Crippen LogP contribution in [-0.4, -0.2) is 14.2 Å². The monoisotopic (exact) mass is 336 g/mol. The Kier molecular flexibility index (Phi) is 2.51. The molecule has 2 nitrogen and oxygen atoms in total. The molecule has 0 aliphatic heterocycles. The molecule has 6 aromatic rings. The van der Waals surface area contributed by atoms with Crippen LogP contribution in [0.25, 0.3) is 53.9 Å². The second-order valence-corrected chi connectivity index (χ2v) is 6.85. The van der Waals surface area contributed by atoms with Gasteiger partial charge in [0.2, 0.25) is 0 Å². The van der Waals surface area contributed by atoms with E-state index in [0.29, 0.717) is 0 Å². The molecule has 0 atom stereocenters. The maximum atomic E-state index is 5.81. The molecular formula is C24H16O2. The van der Waals surface area contributed by atoms with Crippen molar-refractivity contribution in [1.82, 2.24) is 0 Å². The minimum Gasteiger partial charge on any atom is -0.492 e. The molecule has 0 unspecified atom stereocenters. The van der Waals surface area contributed by atoms with Gasteiger partial charge in [-0.25, -0.2) is 0 Å². The van der Waals surface area contributed by atoms with Gasteiger partial charge < -0.3 is 9.47 Å². The van der Waals surface area contributed by atoms with Crippen molar-refractivity contribution in [3.8, 4) is 11.5 Å². The Balaban J connectivity index is 2.13. The summed E-state index contributed by atoms with van der Waals surface area (Å²) in [4.78, 5) is 0. The van der Waals surface area contributed by atoms with Gasteiger partial charge in [-0.15, -0.1) is 0 Å². The van der Waals surface area contributed by atoms with E-state index in [1.807, 2.05) is 0 Å². The zero-order valence-corrected chi connectivity index (χ0v) is 14.6. The first-order valence-corrected chi connectivity index (χ1v) is 8.78. The summed E-state index contributed by atoms with van der Waals surface area (Å²) in [6.07, 6.45) is 0. The van der Waals surface area contributed by atoms with Crippen LogP contribution in [0.15, 0.2) is 60.7 Å². The third-order valence-corrected chi connectivity index (χ3v) is 5.74. The molecule has 0 radical (unpaired) electrons.